The fourth-order valence-electron chi connectivity index (χ4n) is 2.67. The Morgan fingerprint density at radius 1 is 0.889 bits per heavy atom. The third-order valence-corrected chi connectivity index (χ3v) is 3.94. The van der Waals surface area contributed by atoms with Crippen molar-refractivity contribution in [2.75, 3.05) is 19.8 Å². The Bertz CT molecular complexity index is 754. The summed E-state index contributed by atoms with van der Waals surface area (Å²) in [5, 5.41) is 0. The highest BCUT2D eigenvalue weighted by Gasteiger charge is 2.25. The Kier molecular flexibility index (Phi) is 8.25. The number of carbonyl (C=O) groups is 1. The van der Waals surface area contributed by atoms with Crippen LogP contribution in [0.3, 0.4) is 0 Å². The summed E-state index contributed by atoms with van der Waals surface area (Å²) in [5.74, 6) is 6.74. The topological polar surface area (TPSA) is 44.8 Å². The van der Waals surface area contributed by atoms with Gasteiger partial charge < -0.3 is 14.2 Å². The van der Waals surface area contributed by atoms with Gasteiger partial charge >= 0.3 is 5.97 Å². The van der Waals surface area contributed by atoms with E-state index in [2.05, 4.69) is 11.8 Å². The van der Waals surface area contributed by atoms with E-state index in [1.165, 1.54) is 0 Å². The molecule has 0 spiro atoms. The average molecular weight is 366 g/mol. The van der Waals surface area contributed by atoms with Gasteiger partial charge in [-0.1, -0.05) is 56.0 Å². The molecule has 1 atom stereocenters. The number of ether oxygens (including phenoxy) is 3. The van der Waals surface area contributed by atoms with Gasteiger partial charge in [-0.2, -0.15) is 0 Å². The van der Waals surface area contributed by atoms with E-state index in [4.69, 9.17) is 14.2 Å². The van der Waals surface area contributed by atoms with Gasteiger partial charge in [-0.3, -0.25) is 4.79 Å². The molecule has 0 heterocycles. The fourth-order valence-corrected chi connectivity index (χ4v) is 2.67. The van der Waals surface area contributed by atoms with E-state index < -0.39 is 0 Å². The molecule has 0 aliphatic heterocycles. The number of carbonyl (C=O) groups excluding carboxylic acids is 1. The Hall–Kier alpha value is -2.93. The van der Waals surface area contributed by atoms with E-state index in [-0.39, 0.29) is 31.0 Å². The van der Waals surface area contributed by atoms with Crippen LogP contribution in [0, 0.1) is 17.8 Å². The number of esters is 1. The molecule has 0 amide bonds. The predicted molar refractivity (Wildman–Crippen MR) is 106 cm³/mol. The number of rotatable bonds is 8. The van der Waals surface area contributed by atoms with E-state index in [0.717, 1.165) is 17.1 Å². The molecule has 0 bridgehead atoms. The van der Waals surface area contributed by atoms with Crippen LogP contribution in [0.15, 0.2) is 54.6 Å². The van der Waals surface area contributed by atoms with Gasteiger partial charge in [0, 0.05) is 0 Å². The van der Waals surface area contributed by atoms with Gasteiger partial charge in [0.1, 0.15) is 18.1 Å². The lowest BCUT2D eigenvalue weighted by atomic mass is 9.88. The third kappa shape index (κ3) is 6.71. The van der Waals surface area contributed by atoms with Crippen molar-refractivity contribution in [2.24, 2.45) is 5.92 Å². The van der Waals surface area contributed by atoms with Crippen LogP contribution in [-0.4, -0.2) is 25.8 Å². The highest BCUT2D eigenvalue weighted by molar-refractivity contribution is 5.78. The van der Waals surface area contributed by atoms with Crippen molar-refractivity contribution in [2.45, 2.75) is 26.7 Å². The van der Waals surface area contributed by atoms with E-state index in [9.17, 15) is 4.79 Å². The third-order valence-electron chi connectivity index (χ3n) is 3.94. The highest BCUT2D eigenvalue weighted by atomic mass is 16.5. The van der Waals surface area contributed by atoms with Gasteiger partial charge in [0.05, 0.1) is 12.5 Å². The van der Waals surface area contributed by atoms with Gasteiger partial charge in [-0.15, -0.1) is 0 Å². The lowest BCUT2D eigenvalue weighted by molar-refractivity contribution is -0.145. The zero-order chi connectivity index (χ0) is 19.5. The molecule has 0 aliphatic rings. The van der Waals surface area contributed by atoms with Crippen LogP contribution in [0.4, 0.5) is 0 Å². The molecule has 2 aromatic carbocycles. The highest BCUT2D eigenvalue weighted by Crippen LogP contribution is 2.27. The van der Waals surface area contributed by atoms with Gasteiger partial charge in [0.2, 0.25) is 0 Å². The molecule has 27 heavy (non-hydrogen) atoms. The fraction of sp³-hybridized carbons (Fsp3) is 0.348. The largest absolute Gasteiger partial charge is 0.494 e. The maximum absolute atomic E-state index is 12.5. The standard InChI is InChI=1S/C23H26O4/c1-4-25-21-14-12-19(13-15-21)22(18(2)3)23(24)27-17-9-8-16-26-20-10-6-5-7-11-20/h5-7,10-15,18,22H,4,16-17H2,1-3H3. The summed E-state index contributed by atoms with van der Waals surface area (Å²) in [7, 11) is 0. The Morgan fingerprint density at radius 2 is 1.52 bits per heavy atom. The number of hydrogen-bond donors (Lipinski definition) is 0. The monoisotopic (exact) mass is 366 g/mol. The molecule has 0 aromatic heterocycles. The SMILES string of the molecule is CCOc1ccc(C(C(=O)OCC#CCOc2ccccc2)C(C)C)cc1. The first-order chi connectivity index (χ1) is 13.1. The van der Waals surface area contributed by atoms with Crippen molar-refractivity contribution in [1.29, 1.82) is 0 Å². The predicted octanol–water partition coefficient (Wildman–Crippen LogP) is 4.45. The molecular weight excluding hydrogens is 340 g/mol. The molecule has 1 unspecified atom stereocenters. The molecule has 0 fully saturated rings. The zero-order valence-corrected chi connectivity index (χ0v) is 16.1. The van der Waals surface area contributed by atoms with Crippen molar-refractivity contribution in [3.8, 4) is 23.3 Å². The van der Waals surface area contributed by atoms with Gasteiger partial charge in [0.15, 0.2) is 6.61 Å². The minimum atomic E-state index is -0.331. The second kappa shape index (κ2) is 10.9. The molecule has 2 aromatic rings. The minimum absolute atomic E-state index is 0.0528. The van der Waals surface area contributed by atoms with Crippen molar-refractivity contribution < 1.29 is 19.0 Å². The molecule has 0 aliphatic carbocycles. The molecule has 0 saturated carbocycles. The summed E-state index contributed by atoms with van der Waals surface area (Å²) in [6.45, 7) is 6.87. The molecule has 0 saturated heterocycles. The Morgan fingerprint density at radius 3 is 2.15 bits per heavy atom. The summed E-state index contributed by atoms with van der Waals surface area (Å²) >= 11 is 0. The van der Waals surface area contributed by atoms with Crippen LogP contribution in [0.5, 0.6) is 11.5 Å². The maximum Gasteiger partial charge on any atom is 0.314 e. The average Bonchev–Trinajstić information content (AvgIpc) is 2.67. The molecule has 4 nitrogen and oxygen atoms in total. The second-order valence-corrected chi connectivity index (χ2v) is 6.29. The molecular formula is C23H26O4. The lowest BCUT2D eigenvalue weighted by Crippen LogP contribution is -2.21. The summed E-state index contributed by atoms with van der Waals surface area (Å²) in [6.07, 6.45) is 0. The molecule has 142 valence electrons. The molecule has 0 N–H and O–H groups in total. The summed E-state index contributed by atoms with van der Waals surface area (Å²) in [5.41, 5.74) is 0.916. The normalized spacial score (nSPS) is 11.3. The van der Waals surface area contributed by atoms with Crippen molar-refractivity contribution >= 4 is 5.97 Å². The summed E-state index contributed by atoms with van der Waals surface area (Å²) in [6, 6.07) is 17.0. The van der Waals surface area contributed by atoms with Crippen LogP contribution in [-0.2, 0) is 9.53 Å². The van der Waals surface area contributed by atoms with E-state index in [0.29, 0.717) is 6.61 Å². The summed E-state index contributed by atoms with van der Waals surface area (Å²) < 4.78 is 16.3. The summed E-state index contributed by atoms with van der Waals surface area (Å²) in [4.78, 5) is 12.5. The Balaban J connectivity index is 1.85. The van der Waals surface area contributed by atoms with Crippen molar-refractivity contribution in [3.05, 3.63) is 60.2 Å². The van der Waals surface area contributed by atoms with E-state index in [1.807, 2.05) is 75.4 Å². The number of benzene rings is 2. The van der Waals surface area contributed by atoms with Crippen LogP contribution < -0.4 is 9.47 Å². The second-order valence-electron chi connectivity index (χ2n) is 6.29. The molecule has 4 heteroatoms. The Labute approximate surface area is 161 Å². The van der Waals surface area contributed by atoms with E-state index >= 15 is 0 Å². The van der Waals surface area contributed by atoms with Gasteiger partial charge in [-0.05, 0) is 42.7 Å². The molecule has 2 rings (SSSR count). The minimum Gasteiger partial charge on any atom is -0.494 e. The van der Waals surface area contributed by atoms with Crippen molar-refractivity contribution in [3.63, 3.8) is 0 Å². The van der Waals surface area contributed by atoms with Crippen LogP contribution in [0.25, 0.3) is 0 Å². The quantitative estimate of drug-likeness (QED) is 0.511. The number of para-hydroxylation sites is 1. The van der Waals surface area contributed by atoms with Crippen LogP contribution >= 0.6 is 0 Å². The van der Waals surface area contributed by atoms with Crippen LogP contribution in [0.1, 0.15) is 32.3 Å². The first kappa shape index (κ1) is 20.4. The zero-order valence-electron chi connectivity index (χ0n) is 16.1. The van der Waals surface area contributed by atoms with Gasteiger partial charge in [-0.25, -0.2) is 0 Å². The van der Waals surface area contributed by atoms with Crippen molar-refractivity contribution in [1.82, 2.24) is 0 Å². The lowest BCUT2D eigenvalue weighted by Gasteiger charge is -2.19. The van der Waals surface area contributed by atoms with E-state index in [1.54, 1.807) is 0 Å². The smallest absolute Gasteiger partial charge is 0.314 e. The van der Waals surface area contributed by atoms with Gasteiger partial charge in [0.25, 0.3) is 0 Å². The number of hydrogen-bond acceptors (Lipinski definition) is 4. The van der Waals surface area contributed by atoms with Crippen LogP contribution in [0.2, 0.25) is 0 Å². The molecule has 0 radical (unpaired) electrons. The maximum atomic E-state index is 12.5. The first-order valence-electron chi connectivity index (χ1n) is 9.14. The first-order valence-corrected chi connectivity index (χ1v) is 9.14.